The highest BCUT2D eigenvalue weighted by molar-refractivity contribution is 7.16. The van der Waals surface area contributed by atoms with Crippen molar-refractivity contribution < 1.29 is 19.1 Å². The largest absolute Gasteiger partial charge is 0.459 e. The predicted molar refractivity (Wildman–Crippen MR) is 127 cm³/mol. The molecular formula is C25H23ClN2O4S. The van der Waals surface area contributed by atoms with Crippen LogP contribution in [-0.2, 0) is 27.4 Å². The van der Waals surface area contributed by atoms with Crippen LogP contribution in [0, 0.1) is 5.92 Å². The molecule has 0 aliphatic carbocycles. The highest BCUT2D eigenvalue weighted by atomic mass is 35.5. The van der Waals surface area contributed by atoms with Crippen molar-refractivity contribution in [2.45, 2.75) is 32.0 Å². The Morgan fingerprint density at radius 1 is 1.06 bits per heavy atom. The van der Waals surface area contributed by atoms with E-state index in [1.807, 2.05) is 73.7 Å². The summed E-state index contributed by atoms with van der Waals surface area (Å²) >= 11 is 7.37. The van der Waals surface area contributed by atoms with Crippen LogP contribution in [0.5, 0.6) is 0 Å². The molecule has 170 valence electrons. The number of rotatable bonds is 7. The van der Waals surface area contributed by atoms with Gasteiger partial charge in [0, 0.05) is 4.88 Å². The van der Waals surface area contributed by atoms with Crippen molar-refractivity contribution >= 4 is 40.8 Å². The SMILES string of the molecule is CC(NC(=O)N1C(=O)[C@H](Cc2ccc(Cl)s2)C1C(=O)OCc1ccccc1)c1ccccc1. The molecule has 6 nitrogen and oxygen atoms in total. The van der Waals surface area contributed by atoms with Crippen molar-refractivity contribution in [2.24, 2.45) is 5.92 Å². The van der Waals surface area contributed by atoms with Gasteiger partial charge < -0.3 is 10.1 Å². The number of ether oxygens (including phenoxy) is 1. The van der Waals surface area contributed by atoms with E-state index in [9.17, 15) is 14.4 Å². The number of likely N-dealkylation sites (tertiary alicyclic amines) is 1. The molecule has 1 aliphatic heterocycles. The van der Waals surface area contributed by atoms with E-state index in [0.717, 1.165) is 20.9 Å². The molecule has 1 saturated heterocycles. The summed E-state index contributed by atoms with van der Waals surface area (Å²) in [7, 11) is 0. The number of hydrogen-bond acceptors (Lipinski definition) is 5. The predicted octanol–water partition coefficient (Wildman–Crippen LogP) is 4.99. The molecule has 2 unspecified atom stereocenters. The average molecular weight is 483 g/mol. The van der Waals surface area contributed by atoms with E-state index in [4.69, 9.17) is 16.3 Å². The molecule has 3 aromatic rings. The van der Waals surface area contributed by atoms with E-state index >= 15 is 0 Å². The number of benzene rings is 2. The number of nitrogens with zero attached hydrogens (tertiary/aromatic N) is 1. The molecule has 0 bridgehead atoms. The van der Waals surface area contributed by atoms with Crippen molar-refractivity contribution in [3.8, 4) is 0 Å². The minimum absolute atomic E-state index is 0.0673. The summed E-state index contributed by atoms with van der Waals surface area (Å²) in [4.78, 5) is 40.8. The lowest BCUT2D eigenvalue weighted by Gasteiger charge is -2.43. The average Bonchev–Trinajstić information content (AvgIpc) is 3.25. The maximum Gasteiger partial charge on any atom is 0.330 e. The molecule has 3 amide bonds. The van der Waals surface area contributed by atoms with Crippen LogP contribution in [0.15, 0.2) is 72.8 Å². The fourth-order valence-electron chi connectivity index (χ4n) is 3.82. The van der Waals surface area contributed by atoms with Gasteiger partial charge in [0.25, 0.3) is 0 Å². The molecule has 1 fully saturated rings. The number of halogens is 1. The number of carbonyl (C=O) groups is 3. The Morgan fingerprint density at radius 2 is 1.73 bits per heavy atom. The Morgan fingerprint density at radius 3 is 2.36 bits per heavy atom. The summed E-state index contributed by atoms with van der Waals surface area (Å²) in [6, 6.07) is 20.3. The van der Waals surface area contributed by atoms with Crippen molar-refractivity contribution in [3.63, 3.8) is 0 Å². The Bertz CT molecular complexity index is 1140. The van der Waals surface area contributed by atoms with Gasteiger partial charge in [0.05, 0.1) is 16.3 Å². The van der Waals surface area contributed by atoms with Crippen LogP contribution in [0.25, 0.3) is 0 Å². The van der Waals surface area contributed by atoms with Gasteiger partial charge >= 0.3 is 12.0 Å². The summed E-state index contributed by atoms with van der Waals surface area (Å²) < 4.78 is 6.09. The van der Waals surface area contributed by atoms with Crippen LogP contribution >= 0.6 is 22.9 Å². The second-order valence-corrected chi connectivity index (χ2v) is 9.64. The number of amides is 3. The third-order valence-corrected chi connectivity index (χ3v) is 6.84. The Hall–Kier alpha value is -3.16. The van der Waals surface area contributed by atoms with Crippen molar-refractivity contribution in [1.82, 2.24) is 10.2 Å². The van der Waals surface area contributed by atoms with Crippen LogP contribution in [0.1, 0.15) is 29.0 Å². The summed E-state index contributed by atoms with van der Waals surface area (Å²) in [5.41, 5.74) is 1.72. The molecule has 33 heavy (non-hydrogen) atoms. The van der Waals surface area contributed by atoms with E-state index in [0.29, 0.717) is 10.8 Å². The Kier molecular flexibility index (Phi) is 7.11. The lowest BCUT2D eigenvalue weighted by atomic mass is 9.84. The summed E-state index contributed by atoms with van der Waals surface area (Å²) in [6.07, 6.45) is 0.319. The highest BCUT2D eigenvalue weighted by Crippen LogP contribution is 2.34. The molecule has 1 aromatic heterocycles. The van der Waals surface area contributed by atoms with E-state index < -0.39 is 29.9 Å². The lowest BCUT2D eigenvalue weighted by molar-refractivity contribution is -0.170. The van der Waals surface area contributed by atoms with Gasteiger partial charge in [-0.25, -0.2) is 14.5 Å². The van der Waals surface area contributed by atoms with E-state index in [1.54, 1.807) is 6.07 Å². The van der Waals surface area contributed by atoms with Gasteiger partial charge in [-0.15, -0.1) is 11.3 Å². The van der Waals surface area contributed by atoms with E-state index in [2.05, 4.69) is 5.32 Å². The molecule has 2 heterocycles. The maximum absolute atomic E-state index is 13.0. The topological polar surface area (TPSA) is 75.7 Å². The third-order valence-electron chi connectivity index (χ3n) is 5.59. The summed E-state index contributed by atoms with van der Waals surface area (Å²) in [5, 5.41) is 2.82. The fourth-order valence-corrected chi connectivity index (χ4v) is 4.96. The smallest absolute Gasteiger partial charge is 0.330 e. The van der Waals surface area contributed by atoms with Crippen LogP contribution in [0.4, 0.5) is 4.79 Å². The summed E-state index contributed by atoms with van der Waals surface area (Å²) in [6.45, 7) is 1.89. The number of esters is 1. The van der Waals surface area contributed by atoms with Crippen LogP contribution in [0.3, 0.4) is 0 Å². The molecule has 3 atom stereocenters. The van der Waals surface area contributed by atoms with Gasteiger partial charge in [-0.3, -0.25) is 4.79 Å². The van der Waals surface area contributed by atoms with Gasteiger partial charge in [0.1, 0.15) is 6.61 Å². The standard InChI is InChI=1S/C25H23ClN2O4S/c1-16(18-10-6-3-7-11-18)27-25(31)28-22(24(30)32-15-17-8-4-2-5-9-17)20(23(28)29)14-19-12-13-21(26)33-19/h2-13,16,20,22H,14-15H2,1H3,(H,27,31)/t16?,20-,22?/m1/s1. The number of imide groups is 1. The van der Waals surface area contributed by atoms with Crippen LogP contribution < -0.4 is 5.32 Å². The number of hydrogen-bond donors (Lipinski definition) is 1. The minimum atomic E-state index is -0.995. The molecule has 0 spiro atoms. The molecule has 4 rings (SSSR count). The highest BCUT2D eigenvalue weighted by Gasteiger charge is 2.55. The van der Waals surface area contributed by atoms with Gasteiger partial charge in [0.15, 0.2) is 6.04 Å². The molecule has 2 aromatic carbocycles. The first-order valence-corrected chi connectivity index (χ1v) is 11.8. The zero-order chi connectivity index (χ0) is 23.4. The first-order valence-electron chi connectivity index (χ1n) is 10.6. The van der Waals surface area contributed by atoms with Gasteiger partial charge in [0.2, 0.25) is 5.91 Å². The number of nitrogens with one attached hydrogen (secondary N) is 1. The first-order chi connectivity index (χ1) is 15.9. The van der Waals surface area contributed by atoms with Gasteiger partial charge in [-0.05, 0) is 36.6 Å². The second kappa shape index (κ2) is 10.2. The van der Waals surface area contributed by atoms with Crippen LogP contribution in [0.2, 0.25) is 4.34 Å². The molecule has 1 N–H and O–H groups in total. The number of urea groups is 1. The molecule has 0 saturated carbocycles. The van der Waals surface area contributed by atoms with E-state index in [1.165, 1.54) is 11.3 Å². The molecule has 1 aliphatic rings. The number of thiophene rings is 1. The quantitative estimate of drug-likeness (QED) is 0.380. The second-order valence-electron chi connectivity index (χ2n) is 7.84. The summed E-state index contributed by atoms with van der Waals surface area (Å²) in [5.74, 6) is -1.69. The van der Waals surface area contributed by atoms with E-state index in [-0.39, 0.29) is 12.6 Å². The Labute approximate surface area is 201 Å². The monoisotopic (exact) mass is 482 g/mol. The normalized spacial score (nSPS) is 18.4. The van der Waals surface area contributed by atoms with Gasteiger partial charge in [-0.2, -0.15) is 0 Å². The Balaban J connectivity index is 1.49. The van der Waals surface area contributed by atoms with Crippen LogP contribution in [-0.4, -0.2) is 28.8 Å². The lowest BCUT2D eigenvalue weighted by Crippen LogP contribution is -2.69. The zero-order valence-corrected chi connectivity index (χ0v) is 19.5. The first kappa shape index (κ1) is 23.0. The fraction of sp³-hybridized carbons (Fsp3) is 0.240. The van der Waals surface area contributed by atoms with Crippen molar-refractivity contribution in [1.29, 1.82) is 0 Å². The van der Waals surface area contributed by atoms with Crippen molar-refractivity contribution in [3.05, 3.63) is 93.1 Å². The zero-order valence-electron chi connectivity index (χ0n) is 17.9. The maximum atomic E-state index is 13.0. The molecule has 8 heteroatoms. The number of β-lactam (4-membered cyclic amide) rings is 1. The molecular weight excluding hydrogens is 460 g/mol. The third kappa shape index (κ3) is 5.26. The number of carbonyl (C=O) groups excluding carboxylic acids is 3. The van der Waals surface area contributed by atoms with Crippen molar-refractivity contribution in [2.75, 3.05) is 0 Å². The van der Waals surface area contributed by atoms with Gasteiger partial charge in [-0.1, -0.05) is 72.3 Å². The minimum Gasteiger partial charge on any atom is -0.459 e. The molecule has 0 radical (unpaired) electrons.